The number of para-hydroxylation sites is 3. The predicted octanol–water partition coefficient (Wildman–Crippen LogP) is 15.5. The van der Waals surface area contributed by atoms with Crippen LogP contribution in [0, 0.1) is 6.57 Å². The Morgan fingerprint density at radius 1 is 0.661 bits per heavy atom. The molecule has 0 atom stereocenters. The Labute approximate surface area is 348 Å². The third-order valence-corrected chi connectivity index (χ3v) is 12.1. The van der Waals surface area contributed by atoms with Crippen molar-refractivity contribution in [1.82, 2.24) is 4.98 Å². The Morgan fingerprint density at radius 3 is 2.02 bits per heavy atom. The van der Waals surface area contributed by atoms with Crippen molar-refractivity contribution in [3.05, 3.63) is 168 Å². The van der Waals surface area contributed by atoms with Crippen LogP contribution in [-0.4, -0.2) is 16.3 Å². The van der Waals surface area contributed by atoms with Crippen molar-refractivity contribution in [3.8, 4) is 49.7 Å². The Bertz CT molecular complexity index is 3130. The molecule has 7 aromatic carbocycles. The number of hydrogen-bond donors (Lipinski definition) is 1. The molecule has 0 aliphatic carbocycles. The average molecular weight is 786 g/mol. The van der Waals surface area contributed by atoms with E-state index in [0.717, 1.165) is 92.9 Å². The summed E-state index contributed by atoms with van der Waals surface area (Å²) in [5.41, 5.74) is 13.5. The molecule has 0 spiro atoms. The Morgan fingerprint density at radius 2 is 1.31 bits per heavy atom. The highest BCUT2D eigenvalue weighted by Crippen LogP contribution is 2.45. The molecule has 59 heavy (non-hydrogen) atoms. The van der Waals surface area contributed by atoms with Crippen LogP contribution >= 0.6 is 11.3 Å². The first-order chi connectivity index (χ1) is 28.4. The number of furan rings is 1. The van der Waals surface area contributed by atoms with Crippen LogP contribution in [0.2, 0.25) is 0 Å². The minimum atomic E-state index is -0.246. The summed E-state index contributed by atoms with van der Waals surface area (Å²) >= 11 is 1.64. The second-order valence-electron chi connectivity index (χ2n) is 17.1. The topological polar surface area (TPSA) is 63.0 Å². The van der Waals surface area contributed by atoms with Gasteiger partial charge in [0.05, 0.1) is 22.5 Å². The summed E-state index contributed by atoms with van der Waals surface area (Å²) in [6, 6.07) is 47.5. The molecule has 0 saturated carbocycles. The van der Waals surface area contributed by atoms with Gasteiger partial charge in [0.1, 0.15) is 21.9 Å². The highest BCUT2D eigenvalue weighted by Gasteiger charge is 2.25. The van der Waals surface area contributed by atoms with Gasteiger partial charge in [-0.2, -0.15) is 0 Å². The van der Waals surface area contributed by atoms with Gasteiger partial charge in [-0.1, -0.05) is 145 Å². The van der Waals surface area contributed by atoms with Gasteiger partial charge in [0.2, 0.25) is 0 Å². The van der Waals surface area contributed by atoms with E-state index < -0.39 is 0 Å². The van der Waals surface area contributed by atoms with Gasteiger partial charge in [0.25, 0.3) is 0 Å². The van der Waals surface area contributed by atoms with E-state index in [2.05, 4.69) is 125 Å². The second kappa shape index (κ2) is 14.5. The van der Waals surface area contributed by atoms with E-state index in [1.54, 1.807) is 17.6 Å². The van der Waals surface area contributed by atoms with E-state index in [4.69, 9.17) is 21.0 Å². The van der Waals surface area contributed by atoms with Gasteiger partial charge in [0.15, 0.2) is 5.69 Å². The van der Waals surface area contributed by atoms with Crippen molar-refractivity contribution in [2.45, 2.75) is 52.4 Å². The third-order valence-electron chi connectivity index (χ3n) is 11.0. The summed E-state index contributed by atoms with van der Waals surface area (Å²) in [7, 11) is 0. The summed E-state index contributed by atoms with van der Waals surface area (Å²) in [4.78, 5) is 14.0. The first-order valence-electron chi connectivity index (χ1n) is 19.8. The lowest BCUT2D eigenvalue weighted by molar-refractivity contribution is 0.444. The quantitative estimate of drug-likeness (QED) is 0.135. The molecule has 0 bridgehead atoms. The van der Waals surface area contributed by atoms with Crippen molar-refractivity contribution in [2.24, 2.45) is 4.99 Å². The second-order valence-corrected chi connectivity index (χ2v) is 18.2. The number of aromatic nitrogens is 1. The maximum atomic E-state index is 11.5. The van der Waals surface area contributed by atoms with Crippen LogP contribution in [0.5, 0.6) is 5.75 Å². The fourth-order valence-electron chi connectivity index (χ4n) is 7.73. The summed E-state index contributed by atoms with van der Waals surface area (Å²) < 4.78 is 7.63. The summed E-state index contributed by atoms with van der Waals surface area (Å²) in [5.74, 6) is 0.259. The molecular weight excluding hydrogens is 743 g/mol. The van der Waals surface area contributed by atoms with Gasteiger partial charge in [-0.15, -0.1) is 11.3 Å². The van der Waals surface area contributed by atoms with Crippen LogP contribution < -0.4 is 0 Å². The van der Waals surface area contributed by atoms with E-state index >= 15 is 0 Å². The predicted molar refractivity (Wildman–Crippen MR) is 248 cm³/mol. The minimum absolute atomic E-state index is 0.105. The molecule has 0 unspecified atom stereocenters. The smallest absolute Gasteiger partial charge is 0.187 e. The Kier molecular flexibility index (Phi) is 9.30. The molecule has 288 valence electrons. The summed E-state index contributed by atoms with van der Waals surface area (Å²) in [5, 5.41) is 14.5. The first-order valence-corrected chi connectivity index (χ1v) is 20.6. The molecule has 0 amide bonds. The maximum absolute atomic E-state index is 11.5. The average Bonchev–Trinajstić information content (AvgIpc) is 3.84. The number of aliphatic imine (C=N–C) groups is 1. The third kappa shape index (κ3) is 7.09. The van der Waals surface area contributed by atoms with Crippen LogP contribution in [0.4, 0.5) is 11.4 Å². The molecule has 1 N–H and O–H groups in total. The molecule has 5 nitrogen and oxygen atoms in total. The van der Waals surface area contributed by atoms with Crippen LogP contribution in [0.3, 0.4) is 0 Å². The highest BCUT2D eigenvalue weighted by molar-refractivity contribution is 7.21. The van der Waals surface area contributed by atoms with Crippen molar-refractivity contribution in [1.29, 1.82) is 0 Å². The van der Waals surface area contributed by atoms with Gasteiger partial charge in [-0.25, -0.2) is 9.83 Å². The first kappa shape index (κ1) is 37.7. The van der Waals surface area contributed by atoms with Gasteiger partial charge in [-0.05, 0) is 75.0 Å². The molecule has 0 aliphatic rings. The van der Waals surface area contributed by atoms with Crippen molar-refractivity contribution < 1.29 is 9.52 Å². The molecular formula is C53H43N3O2S. The number of hydrogen-bond acceptors (Lipinski definition) is 5. The van der Waals surface area contributed by atoms with Crippen LogP contribution in [-0.2, 0) is 10.8 Å². The van der Waals surface area contributed by atoms with E-state index in [1.165, 1.54) is 0 Å². The van der Waals surface area contributed by atoms with E-state index in [0.29, 0.717) is 11.3 Å². The maximum Gasteiger partial charge on any atom is 0.187 e. The van der Waals surface area contributed by atoms with Gasteiger partial charge < -0.3 is 9.52 Å². The molecule has 2 aromatic heterocycles. The van der Waals surface area contributed by atoms with Gasteiger partial charge >= 0.3 is 0 Å². The molecule has 0 saturated heterocycles. The van der Waals surface area contributed by atoms with Crippen LogP contribution in [0.15, 0.2) is 149 Å². The fourth-order valence-corrected chi connectivity index (χ4v) is 8.79. The molecule has 2 heterocycles. The molecule has 0 fully saturated rings. The zero-order chi connectivity index (χ0) is 41.1. The lowest BCUT2D eigenvalue weighted by Gasteiger charge is -2.27. The number of benzene rings is 7. The zero-order valence-electron chi connectivity index (χ0n) is 34.0. The summed E-state index contributed by atoms with van der Waals surface area (Å²) in [6.07, 6.45) is 1.79. The van der Waals surface area contributed by atoms with Crippen LogP contribution in [0.25, 0.3) is 81.0 Å². The Balaban J connectivity index is 1.19. The normalized spacial score (nSPS) is 12.2. The fraction of sp³-hybridized carbons (Fsp3) is 0.151. The zero-order valence-corrected chi connectivity index (χ0v) is 34.8. The Hall–Kier alpha value is -6.81. The van der Waals surface area contributed by atoms with E-state index in [-0.39, 0.29) is 16.6 Å². The standard InChI is InChI=1S/C53H43N3O2S/c1-52(2,3)37-27-36(49(57)44(30-37)53(4,5)6)31-55-45-17-10-8-14-42(45)51-56-48-43(41-16-12-15-40-39-13-9-11-18-46(39)58-50(40)41)28-35(29-47(48)59-51)34-21-19-32(20-22-34)33-23-25-38(54-7)26-24-33/h8-31,57H,1-6H3. The number of phenols is 1. The molecule has 9 aromatic rings. The van der Waals surface area contributed by atoms with Gasteiger partial charge in [-0.3, -0.25) is 4.99 Å². The number of rotatable bonds is 6. The van der Waals surface area contributed by atoms with Crippen LogP contribution in [0.1, 0.15) is 58.2 Å². The number of aromatic hydroxyl groups is 1. The summed E-state index contributed by atoms with van der Waals surface area (Å²) in [6.45, 7) is 20.3. The van der Waals surface area contributed by atoms with Crippen molar-refractivity contribution in [2.75, 3.05) is 0 Å². The minimum Gasteiger partial charge on any atom is -0.507 e. The molecule has 0 radical (unpaired) electrons. The highest BCUT2D eigenvalue weighted by atomic mass is 32.1. The number of thiazole rings is 1. The lowest BCUT2D eigenvalue weighted by Crippen LogP contribution is -2.17. The number of nitrogens with zero attached hydrogens (tertiary/aromatic N) is 3. The lowest BCUT2D eigenvalue weighted by atomic mass is 9.79. The number of fused-ring (bicyclic) bond motifs is 4. The van der Waals surface area contributed by atoms with Crippen molar-refractivity contribution >= 4 is 61.1 Å². The molecule has 0 aliphatic heterocycles. The van der Waals surface area contributed by atoms with E-state index in [9.17, 15) is 5.11 Å². The van der Waals surface area contributed by atoms with Crippen molar-refractivity contribution in [3.63, 3.8) is 0 Å². The van der Waals surface area contributed by atoms with E-state index in [1.807, 2.05) is 60.7 Å². The SMILES string of the molecule is [C-]#[N+]c1ccc(-c2ccc(-c3cc(-c4cccc5c4oc4ccccc45)c4nc(-c5ccccc5N=Cc5cc(C(C)(C)C)cc(C(C)(C)C)c5O)sc4c3)cc2)cc1. The van der Waals surface area contributed by atoms with Gasteiger partial charge in [0, 0.05) is 44.8 Å². The molecule has 9 rings (SSSR count). The molecule has 6 heteroatoms. The largest absolute Gasteiger partial charge is 0.507 e. The number of phenolic OH excluding ortho intramolecular Hbond substituents is 1. The monoisotopic (exact) mass is 785 g/mol.